The first-order valence-corrected chi connectivity index (χ1v) is 7.37. The van der Waals surface area contributed by atoms with Crippen LogP contribution in [0.15, 0.2) is 72.8 Å². The Kier molecular flexibility index (Phi) is 4.11. The van der Waals surface area contributed by atoms with Crippen molar-refractivity contribution in [2.24, 2.45) is 0 Å². The Labute approximate surface area is 135 Å². The molecule has 0 unspecified atom stereocenters. The smallest absolute Gasteiger partial charge is 0.343 e. The molecule has 0 aromatic heterocycles. The molecule has 3 nitrogen and oxygen atoms in total. The first-order chi connectivity index (χ1) is 11.1. The number of esters is 1. The highest BCUT2D eigenvalue weighted by Crippen LogP contribution is 2.23. The summed E-state index contributed by atoms with van der Waals surface area (Å²) in [6, 6.07) is 22.6. The lowest BCUT2D eigenvalue weighted by molar-refractivity contribution is 0.0735. The summed E-state index contributed by atoms with van der Waals surface area (Å²) < 4.78 is 5.39. The van der Waals surface area contributed by atoms with Crippen LogP contribution < -0.4 is 10.5 Å². The van der Waals surface area contributed by atoms with Crippen LogP contribution in [0.4, 0.5) is 5.69 Å². The van der Waals surface area contributed by atoms with Crippen molar-refractivity contribution in [3.8, 4) is 16.9 Å². The van der Waals surface area contributed by atoms with Crippen LogP contribution in [-0.2, 0) is 0 Å². The van der Waals surface area contributed by atoms with Crippen LogP contribution in [0.2, 0.25) is 0 Å². The molecular weight excluding hydrogens is 286 g/mol. The zero-order valence-electron chi connectivity index (χ0n) is 12.8. The second kappa shape index (κ2) is 6.36. The minimum absolute atomic E-state index is 0.413. The van der Waals surface area contributed by atoms with Gasteiger partial charge in [-0.3, -0.25) is 0 Å². The number of rotatable bonds is 3. The number of hydrogen-bond acceptors (Lipinski definition) is 3. The van der Waals surface area contributed by atoms with E-state index in [2.05, 4.69) is 0 Å². The summed E-state index contributed by atoms with van der Waals surface area (Å²) >= 11 is 0. The second-order valence-electron chi connectivity index (χ2n) is 5.35. The number of nitrogens with two attached hydrogens (primary N) is 1. The second-order valence-corrected chi connectivity index (χ2v) is 5.35. The van der Waals surface area contributed by atoms with E-state index in [0.717, 1.165) is 16.7 Å². The Hall–Kier alpha value is -3.07. The van der Waals surface area contributed by atoms with E-state index in [4.69, 9.17) is 10.5 Å². The van der Waals surface area contributed by atoms with Gasteiger partial charge < -0.3 is 10.5 Å². The van der Waals surface area contributed by atoms with Gasteiger partial charge in [-0.25, -0.2) is 4.79 Å². The summed E-state index contributed by atoms with van der Waals surface area (Å²) in [5.74, 6) is 0.0954. The van der Waals surface area contributed by atoms with Crippen molar-refractivity contribution in [1.82, 2.24) is 0 Å². The summed E-state index contributed by atoms with van der Waals surface area (Å²) in [6.45, 7) is 1.90. The average molecular weight is 303 g/mol. The zero-order chi connectivity index (χ0) is 16.2. The monoisotopic (exact) mass is 303 g/mol. The quantitative estimate of drug-likeness (QED) is 0.441. The minimum atomic E-state index is -0.413. The van der Waals surface area contributed by atoms with Crippen molar-refractivity contribution in [3.63, 3.8) is 0 Å². The van der Waals surface area contributed by atoms with Gasteiger partial charge in [0, 0.05) is 5.69 Å². The third-order valence-electron chi connectivity index (χ3n) is 3.69. The molecule has 0 amide bonds. The van der Waals surface area contributed by atoms with Gasteiger partial charge in [0.1, 0.15) is 5.75 Å². The van der Waals surface area contributed by atoms with Gasteiger partial charge in [-0.2, -0.15) is 0 Å². The van der Waals surface area contributed by atoms with Crippen LogP contribution in [0.5, 0.6) is 5.75 Å². The highest BCUT2D eigenvalue weighted by molar-refractivity contribution is 5.92. The van der Waals surface area contributed by atoms with Crippen LogP contribution in [0, 0.1) is 6.92 Å². The van der Waals surface area contributed by atoms with E-state index in [-0.39, 0.29) is 0 Å². The molecule has 3 aromatic carbocycles. The summed E-state index contributed by atoms with van der Waals surface area (Å²) in [5, 5.41) is 0. The van der Waals surface area contributed by atoms with E-state index in [0.29, 0.717) is 17.0 Å². The Bertz CT molecular complexity index is 824. The highest BCUT2D eigenvalue weighted by atomic mass is 16.5. The van der Waals surface area contributed by atoms with Gasteiger partial charge in [0.15, 0.2) is 0 Å². The van der Waals surface area contributed by atoms with Crippen molar-refractivity contribution in [1.29, 1.82) is 0 Å². The Morgan fingerprint density at radius 3 is 2.17 bits per heavy atom. The maximum Gasteiger partial charge on any atom is 0.343 e. The van der Waals surface area contributed by atoms with Crippen molar-refractivity contribution >= 4 is 11.7 Å². The molecule has 0 aliphatic rings. The van der Waals surface area contributed by atoms with Crippen LogP contribution >= 0.6 is 0 Å². The summed E-state index contributed by atoms with van der Waals surface area (Å²) in [7, 11) is 0. The van der Waals surface area contributed by atoms with E-state index in [1.165, 1.54) is 0 Å². The lowest BCUT2D eigenvalue weighted by Crippen LogP contribution is -2.09. The molecule has 0 radical (unpaired) electrons. The molecule has 0 atom stereocenters. The number of carbonyl (C=O) groups is 1. The van der Waals surface area contributed by atoms with Crippen molar-refractivity contribution in [2.45, 2.75) is 6.92 Å². The molecule has 23 heavy (non-hydrogen) atoms. The third-order valence-corrected chi connectivity index (χ3v) is 3.69. The van der Waals surface area contributed by atoms with E-state index < -0.39 is 5.97 Å². The number of aryl methyl sites for hydroxylation is 1. The van der Waals surface area contributed by atoms with Gasteiger partial charge in [0.05, 0.1) is 5.56 Å². The SMILES string of the molecule is Cc1ccc(C(=O)Oc2ccc(-c3ccccc3)cc2)cc1N. The Morgan fingerprint density at radius 2 is 1.52 bits per heavy atom. The van der Waals surface area contributed by atoms with Crippen molar-refractivity contribution < 1.29 is 9.53 Å². The molecule has 3 heteroatoms. The Morgan fingerprint density at radius 1 is 0.870 bits per heavy atom. The molecule has 0 saturated heterocycles. The van der Waals surface area contributed by atoms with Crippen molar-refractivity contribution in [3.05, 3.63) is 83.9 Å². The van der Waals surface area contributed by atoms with E-state index in [1.807, 2.05) is 55.5 Å². The minimum Gasteiger partial charge on any atom is -0.423 e. The number of nitrogen functional groups attached to an aromatic ring is 1. The third kappa shape index (κ3) is 3.40. The van der Waals surface area contributed by atoms with Crippen LogP contribution in [-0.4, -0.2) is 5.97 Å². The molecule has 114 valence electrons. The molecule has 0 heterocycles. The first kappa shape index (κ1) is 14.9. The van der Waals surface area contributed by atoms with Gasteiger partial charge in [0.25, 0.3) is 0 Å². The fraction of sp³-hybridized carbons (Fsp3) is 0.0500. The average Bonchev–Trinajstić information content (AvgIpc) is 2.59. The van der Waals surface area contributed by atoms with Crippen molar-refractivity contribution in [2.75, 3.05) is 5.73 Å². The highest BCUT2D eigenvalue weighted by Gasteiger charge is 2.10. The van der Waals surface area contributed by atoms with E-state index in [1.54, 1.807) is 24.3 Å². The van der Waals surface area contributed by atoms with Gasteiger partial charge >= 0.3 is 5.97 Å². The molecule has 2 N–H and O–H groups in total. The predicted molar refractivity (Wildman–Crippen MR) is 92.4 cm³/mol. The number of anilines is 1. The summed E-state index contributed by atoms with van der Waals surface area (Å²) in [5.41, 5.74) is 9.99. The first-order valence-electron chi connectivity index (χ1n) is 7.37. The molecule has 3 aromatic rings. The molecule has 0 fully saturated rings. The summed E-state index contributed by atoms with van der Waals surface area (Å²) in [4.78, 5) is 12.2. The van der Waals surface area contributed by atoms with Crippen LogP contribution in [0.1, 0.15) is 15.9 Å². The number of hydrogen-bond donors (Lipinski definition) is 1. The molecule has 0 saturated carbocycles. The van der Waals surface area contributed by atoms with Gasteiger partial charge in [-0.15, -0.1) is 0 Å². The maximum absolute atomic E-state index is 12.2. The number of benzene rings is 3. The van der Waals surface area contributed by atoms with Crippen LogP contribution in [0.25, 0.3) is 11.1 Å². The zero-order valence-corrected chi connectivity index (χ0v) is 12.8. The Balaban J connectivity index is 1.75. The molecule has 3 rings (SSSR count). The molecule has 0 bridgehead atoms. The topological polar surface area (TPSA) is 52.3 Å². The fourth-order valence-electron chi connectivity index (χ4n) is 2.28. The summed E-state index contributed by atoms with van der Waals surface area (Å²) in [6.07, 6.45) is 0. The van der Waals surface area contributed by atoms with E-state index >= 15 is 0 Å². The van der Waals surface area contributed by atoms with Gasteiger partial charge in [-0.05, 0) is 47.9 Å². The van der Waals surface area contributed by atoms with Gasteiger partial charge in [-0.1, -0.05) is 48.5 Å². The lowest BCUT2D eigenvalue weighted by atomic mass is 10.1. The van der Waals surface area contributed by atoms with Crippen LogP contribution in [0.3, 0.4) is 0 Å². The molecular formula is C20H17NO2. The normalized spacial score (nSPS) is 10.3. The predicted octanol–water partition coefficient (Wildman–Crippen LogP) is 4.46. The van der Waals surface area contributed by atoms with E-state index in [9.17, 15) is 4.79 Å². The molecule has 0 aliphatic heterocycles. The largest absolute Gasteiger partial charge is 0.423 e. The number of carbonyl (C=O) groups excluding carboxylic acids is 1. The number of ether oxygens (including phenoxy) is 1. The molecule has 0 aliphatic carbocycles. The maximum atomic E-state index is 12.2. The lowest BCUT2D eigenvalue weighted by Gasteiger charge is -2.07. The fourth-order valence-corrected chi connectivity index (χ4v) is 2.28. The molecule has 0 spiro atoms. The van der Waals surface area contributed by atoms with Gasteiger partial charge in [0.2, 0.25) is 0 Å². The standard InChI is InChI=1S/C20H17NO2/c1-14-7-8-17(13-19(14)21)20(22)23-18-11-9-16(10-12-18)15-5-3-2-4-6-15/h2-13H,21H2,1H3.